The first-order valence-electron chi connectivity index (χ1n) is 8.31. The number of halogens is 1. The Morgan fingerprint density at radius 2 is 2.08 bits per heavy atom. The van der Waals surface area contributed by atoms with Crippen LogP contribution in [-0.4, -0.2) is 29.2 Å². The van der Waals surface area contributed by atoms with E-state index in [0.29, 0.717) is 24.5 Å². The van der Waals surface area contributed by atoms with Crippen LogP contribution in [0.15, 0.2) is 6.20 Å². The van der Waals surface area contributed by atoms with Gasteiger partial charge in [-0.15, -0.1) is 0 Å². The molecule has 0 N–H and O–H groups in total. The van der Waals surface area contributed by atoms with Crippen molar-refractivity contribution in [2.75, 3.05) is 6.61 Å². The number of ether oxygens (including phenoxy) is 1. The Morgan fingerprint density at radius 3 is 2.67 bits per heavy atom. The van der Waals surface area contributed by atoms with Crippen LogP contribution in [0.3, 0.4) is 0 Å². The molecule has 1 unspecified atom stereocenters. The number of nitrogens with zero attached hydrogens (tertiary/aromatic N) is 4. The van der Waals surface area contributed by atoms with Crippen LogP contribution >= 0.6 is 11.6 Å². The molecule has 0 spiro atoms. The van der Waals surface area contributed by atoms with Crippen LogP contribution in [0.2, 0.25) is 31.0 Å². The molecule has 2 heterocycles. The molecule has 0 fully saturated rings. The molecule has 0 saturated heterocycles. The Kier molecular flexibility index (Phi) is 6.02. The molecule has 1 atom stereocenters. The largest absolute Gasteiger partial charge is 0.361 e. The van der Waals surface area contributed by atoms with Gasteiger partial charge in [0.15, 0.2) is 0 Å². The van der Waals surface area contributed by atoms with Crippen LogP contribution in [0.1, 0.15) is 37.4 Å². The molecule has 2 rings (SSSR count). The minimum Gasteiger partial charge on any atom is -0.361 e. The van der Waals surface area contributed by atoms with Crippen LogP contribution in [0, 0.1) is 11.3 Å². The van der Waals surface area contributed by atoms with Crippen LogP contribution in [-0.2, 0) is 11.5 Å². The number of hydrogen-bond acceptors (Lipinski definition) is 4. The summed E-state index contributed by atoms with van der Waals surface area (Å²) in [5.41, 5.74) is 2.09. The average Bonchev–Trinajstić information content (AvgIpc) is 2.86. The van der Waals surface area contributed by atoms with E-state index in [1.807, 2.05) is 4.57 Å². The van der Waals surface area contributed by atoms with Gasteiger partial charge in [-0.3, -0.25) is 0 Å². The van der Waals surface area contributed by atoms with Gasteiger partial charge in [0.2, 0.25) is 5.28 Å². The summed E-state index contributed by atoms with van der Waals surface area (Å²) in [4.78, 5) is 8.72. The topological polar surface area (TPSA) is 63.7 Å². The zero-order valence-electron chi connectivity index (χ0n) is 15.1. The number of nitriles is 1. The van der Waals surface area contributed by atoms with Gasteiger partial charge in [-0.2, -0.15) is 10.2 Å². The van der Waals surface area contributed by atoms with Crippen molar-refractivity contribution in [1.29, 1.82) is 5.26 Å². The lowest BCUT2D eigenvalue weighted by Crippen LogP contribution is -2.22. The normalized spacial score (nSPS) is 13.2. The van der Waals surface area contributed by atoms with E-state index in [9.17, 15) is 5.26 Å². The summed E-state index contributed by atoms with van der Waals surface area (Å²) in [6, 6.07) is 3.35. The zero-order chi connectivity index (χ0) is 17.9. The van der Waals surface area contributed by atoms with Crippen molar-refractivity contribution < 1.29 is 4.74 Å². The first-order chi connectivity index (χ1) is 11.3. The molecule has 24 heavy (non-hydrogen) atoms. The maximum absolute atomic E-state index is 9.49. The molecule has 0 saturated carbocycles. The van der Waals surface area contributed by atoms with E-state index >= 15 is 0 Å². The van der Waals surface area contributed by atoms with Gasteiger partial charge in [0, 0.05) is 20.9 Å². The highest BCUT2D eigenvalue weighted by atomic mass is 35.5. The SMILES string of the molecule is CCC(C)c1nc(Cl)nc2c1c(C#N)cn2COCC[Si](C)(C)C. The lowest BCUT2D eigenvalue weighted by atomic mass is 10.0. The third kappa shape index (κ3) is 4.35. The fourth-order valence-electron chi connectivity index (χ4n) is 2.46. The van der Waals surface area contributed by atoms with E-state index in [1.165, 1.54) is 0 Å². The van der Waals surface area contributed by atoms with Gasteiger partial charge in [0.1, 0.15) is 18.4 Å². The Balaban J connectivity index is 2.35. The predicted molar refractivity (Wildman–Crippen MR) is 100 cm³/mol. The number of aromatic nitrogens is 3. The predicted octanol–water partition coefficient (Wildman–Crippen LogP) is 4.78. The Bertz CT molecular complexity index is 761. The molecule has 0 aromatic carbocycles. The number of fused-ring (bicyclic) bond motifs is 1. The fraction of sp³-hybridized carbons (Fsp3) is 0.588. The Hall–Kier alpha value is -1.42. The molecular formula is C17H25ClN4OSi. The molecule has 2 aromatic heterocycles. The first-order valence-corrected chi connectivity index (χ1v) is 12.4. The van der Waals surface area contributed by atoms with Crippen molar-refractivity contribution in [2.45, 2.75) is 58.6 Å². The highest BCUT2D eigenvalue weighted by Crippen LogP contribution is 2.30. The fourth-order valence-corrected chi connectivity index (χ4v) is 3.39. The smallest absolute Gasteiger partial charge is 0.224 e. The monoisotopic (exact) mass is 364 g/mol. The van der Waals surface area contributed by atoms with Gasteiger partial charge in [-0.1, -0.05) is 33.5 Å². The molecule has 0 aliphatic carbocycles. The first kappa shape index (κ1) is 18.9. The lowest BCUT2D eigenvalue weighted by Gasteiger charge is -2.15. The molecule has 7 heteroatoms. The summed E-state index contributed by atoms with van der Waals surface area (Å²) >= 11 is 6.12. The average molecular weight is 365 g/mol. The van der Waals surface area contributed by atoms with Crippen molar-refractivity contribution in [2.24, 2.45) is 0 Å². The molecule has 0 amide bonds. The summed E-state index contributed by atoms with van der Waals surface area (Å²) in [5, 5.41) is 10.5. The van der Waals surface area contributed by atoms with E-state index in [1.54, 1.807) is 6.20 Å². The van der Waals surface area contributed by atoms with Crippen molar-refractivity contribution in [3.63, 3.8) is 0 Å². The zero-order valence-corrected chi connectivity index (χ0v) is 16.8. The quantitative estimate of drug-likeness (QED) is 0.402. The summed E-state index contributed by atoms with van der Waals surface area (Å²) in [6.07, 6.45) is 2.71. The molecule has 0 bridgehead atoms. The van der Waals surface area contributed by atoms with E-state index in [4.69, 9.17) is 16.3 Å². The van der Waals surface area contributed by atoms with Gasteiger partial charge in [0.05, 0.1) is 16.6 Å². The summed E-state index contributed by atoms with van der Waals surface area (Å²) in [6.45, 7) is 12.2. The molecule has 2 aromatic rings. The van der Waals surface area contributed by atoms with E-state index < -0.39 is 8.07 Å². The standard InChI is InChI=1S/C17H25ClN4OSi/c1-6-12(2)15-14-13(9-19)10-22(16(14)21-17(18)20-15)11-23-7-8-24(3,4)5/h10,12H,6-8,11H2,1-5H3. The second kappa shape index (κ2) is 7.64. The minimum absolute atomic E-state index is 0.212. The highest BCUT2D eigenvalue weighted by molar-refractivity contribution is 6.76. The van der Waals surface area contributed by atoms with Crippen LogP contribution < -0.4 is 0 Å². The molecule has 0 radical (unpaired) electrons. The number of rotatable bonds is 7. The van der Waals surface area contributed by atoms with E-state index in [2.05, 4.69) is 49.5 Å². The van der Waals surface area contributed by atoms with Crippen molar-refractivity contribution in [1.82, 2.24) is 14.5 Å². The van der Waals surface area contributed by atoms with Gasteiger partial charge in [0.25, 0.3) is 0 Å². The van der Waals surface area contributed by atoms with Gasteiger partial charge >= 0.3 is 0 Å². The minimum atomic E-state index is -1.12. The Labute approximate surface area is 149 Å². The van der Waals surface area contributed by atoms with E-state index in [-0.39, 0.29) is 11.2 Å². The van der Waals surface area contributed by atoms with Gasteiger partial charge in [-0.25, -0.2) is 4.98 Å². The maximum atomic E-state index is 9.49. The third-order valence-electron chi connectivity index (χ3n) is 4.14. The van der Waals surface area contributed by atoms with Crippen molar-refractivity contribution in [3.05, 3.63) is 22.7 Å². The Morgan fingerprint density at radius 1 is 1.38 bits per heavy atom. The maximum Gasteiger partial charge on any atom is 0.224 e. The van der Waals surface area contributed by atoms with Crippen LogP contribution in [0.4, 0.5) is 0 Å². The van der Waals surface area contributed by atoms with Crippen LogP contribution in [0.5, 0.6) is 0 Å². The van der Waals surface area contributed by atoms with Crippen LogP contribution in [0.25, 0.3) is 11.0 Å². The summed E-state index contributed by atoms with van der Waals surface area (Å²) in [7, 11) is -1.12. The molecule has 0 aliphatic heterocycles. The molecule has 0 aliphatic rings. The van der Waals surface area contributed by atoms with E-state index in [0.717, 1.165) is 23.5 Å². The summed E-state index contributed by atoms with van der Waals surface area (Å²) in [5.74, 6) is 0.212. The second-order valence-electron chi connectivity index (χ2n) is 7.36. The lowest BCUT2D eigenvalue weighted by molar-refractivity contribution is 0.0898. The third-order valence-corrected chi connectivity index (χ3v) is 6.02. The molecule has 5 nitrogen and oxygen atoms in total. The highest BCUT2D eigenvalue weighted by Gasteiger charge is 2.20. The van der Waals surface area contributed by atoms with Crippen molar-refractivity contribution >= 4 is 30.7 Å². The number of hydrogen-bond donors (Lipinski definition) is 0. The molecule has 130 valence electrons. The second-order valence-corrected chi connectivity index (χ2v) is 13.3. The van der Waals surface area contributed by atoms with Gasteiger partial charge < -0.3 is 9.30 Å². The van der Waals surface area contributed by atoms with Gasteiger partial charge in [-0.05, 0) is 30.0 Å². The van der Waals surface area contributed by atoms with Crippen molar-refractivity contribution in [3.8, 4) is 6.07 Å². The molecular weight excluding hydrogens is 340 g/mol. The summed E-state index contributed by atoms with van der Waals surface area (Å²) < 4.78 is 7.67.